The maximum atomic E-state index is 14.4. The molecule has 3 nitrogen and oxygen atoms in total. The van der Waals surface area contributed by atoms with Gasteiger partial charge in [-0.15, -0.1) is 0 Å². The molecule has 0 aromatic heterocycles. The minimum absolute atomic E-state index is 0.335. The van der Waals surface area contributed by atoms with Crippen LogP contribution in [-0.4, -0.2) is 25.4 Å². The Kier molecular flexibility index (Phi) is 3.39. The fourth-order valence-electron chi connectivity index (χ4n) is 2.06. The zero-order valence-corrected chi connectivity index (χ0v) is 12.3. The SMILES string of the molecule is COc1ccc(B2OC(C)(C)C(C)(C)O2)c(F)c1C. The zero-order valence-electron chi connectivity index (χ0n) is 12.3. The van der Waals surface area contributed by atoms with Gasteiger partial charge in [-0.1, -0.05) is 6.07 Å². The van der Waals surface area contributed by atoms with E-state index < -0.39 is 18.3 Å². The van der Waals surface area contributed by atoms with Gasteiger partial charge in [0.15, 0.2) is 0 Å². The summed E-state index contributed by atoms with van der Waals surface area (Å²) in [7, 11) is 0.838. The van der Waals surface area contributed by atoms with Crippen molar-refractivity contribution in [2.24, 2.45) is 0 Å². The highest BCUT2D eigenvalue weighted by Crippen LogP contribution is 2.37. The number of benzene rings is 1. The summed E-state index contributed by atoms with van der Waals surface area (Å²) in [6, 6.07) is 3.39. The molecule has 0 bridgehead atoms. The molecular formula is C14H20BFO3. The van der Waals surface area contributed by atoms with E-state index in [-0.39, 0.29) is 5.82 Å². The van der Waals surface area contributed by atoms with Crippen molar-refractivity contribution in [2.45, 2.75) is 45.8 Å². The average molecular weight is 266 g/mol. The Bertz CT molecular complexity index is 484. The van der Waals surface area contributed by atoms with Gasteiger partial charge in [-0.2, -0.15) is 0 Å². The lowest BCUT2D eigenvalue weighted by molar-refractivity contribution is 0.00578. The molecular weight excluding hydrogens is 246 g/mol. The molecule has 0 N–H and O–H groups in total. The summed E-state index contributed by atoms with van der Waals surface area (Å²) < 4.78 is 31.2. The quantitative estimate of drug-likeness (QED) is 0.769. The highest BCUT2D eigenvalue weighted by atomic mass is 19.1. The lowest BCUT2D eigenvalue weighted by Gasteiger charge is -2.32. The zero-order chi connectivity index (χ0) is 14.4. The predicted molar refractivity (Wildman–Crippen MR) is 73.4 cm³/mol. The summed E-state index contributed by atoms with van der Waals surface area (Å²) in [6.07, 6.45) is 0. The van der Waals surface area contributed by atoms with Gasteiger partial charge in [0, 0.05) is 11.0 Å². The van der Waals surface area contributed by atoms with Crippen molar-refractivity contribution >= 4 is 12.6 Å². The fourth-order valence-corrected chi connectivity index (χ4v) is 2.06. The summed E-state index contributed by atoms with van der Waals surface area (Å²) in [4.78, 5) is 0. The number of hydrogen-bond acceptors (Lipinski definition) is 3. The second-order valence-electron chi connectivity index (χ2n) is 5.88. The minimum atomic E-state index is -0.686. The van der Waals surface area contributed by atoms with Gasteiger partial charge in [-0.25, -0.2) is 4.39 Å². The molecule has 0 saturated carbocycles. The summed E-state index contributed by atoms with van der Waals surface area (Å²) in [5, 5.41) is 0. The molecule has 0 aliphatic carbocycles. The first-order chi connectivity index (χ1) is 8.69. The third kappa shape index (κ3) is 2.25. The molecule has 1 aromatic carbocycles. The summed E-state index contributed by atoms with van der Waals surface area (Å²) >= 11 is 0. The Labute approximate surface area is 114 Å². The predicted octanol–water partition coefficient (Wildman–Crippen LogP) is 2.44. The molecule has 0 atom stereocenters. The molecule has 1 fully saturated rings. The van der Waals surface area contributed by atoms with Crippen LogP contribution < -0.4 is 10.2 Å². The van der Waals surface area contributed by atoms with Crippen LogP contribution in [0.2, 0.25) is 0 Å². The van der Waals surface area contributed by atoms with Gasteiger partial charge >= 0.3 is 7.12 Å². The summed E-state index contributed by atoms with van der Waals surface area (Å²) in [6.45, 7) is 9.47. The number of halogens is 1. The lowest BCUT2D eigenvalue weighted by atomic mass is 9.78. The largest absolute Gasteiger partial charge is 0.497 e. The molecule has 2 rings (SSSR count). The van der Waals surface area contributed by atoms with E-state index in [0.717, 1.165) is 0 Å². The van der Waals surface area contributed by atoms with Gasteiger partial charge in [0.05, 0.1) is 18.3 Å². The Morgan fingerprint density at radius 2 is 1.63 bits per heavy atom. The first-order valence-corrected chi connectivity index (χ1v) is 6.38. The molecule has 104 valence electrons. The Morgan fingerprint density at radius 3 is 2.11 bits per heavy atom. The Hall–Kier alpha value is -1.07. The van der Waals surface area contributed by atoms with Crippen molar-refractivity contribution in [3.05, 3.63) is 23.5 Å². The van der Waals surface area contributed by atoms with E-state index >= 15 is 0 Å². The third-order valence-corrected chi connectivity index (χ3v) is 4.09. The van der Waals surface area contributed by atoms with E-state index in [1.807, 2.05) is 27.7 Å². The van der Waals surface area contributed by atoms with Crippen LogP contribution in [-0.2, 0) is 9.31 Å². The van der Waals surface area contributed by atoms with Crippen LogP contribution in [0.25, 0.3) is 0 Å². The molecule has 1 heterocycles. The van der Waals surface area contributed by atoms with Crippen molar-refractivity contribution in [2.75, 3.05) is 7.11 Å². The Morgan fingerprint density at radius 1 is 1.11 bits per heavy atom. The first kappa shape index (κ1) is 14.3. The van der Waals surface area contributed by atoms with Gasteiger partial charge in [0.2, 0.25) is 0 Å². The van der Waals surface area contributed by atoms with Gasteiger partial charge in [0.1, 0.15) is 11.6 Å². The number of ether oxygens (including phenoxy) is 1. The van der Waals surface area contributed by atoms with Crippen LogP contribution in [0.1, 0.15) is 33.3 Å². The molecule has 0 amide bonds. The lowest BCUT2D eigenvalue weighted by Crippen LogP contribution is -2.41. The third-order valence-electron chi connectivity index (χ3n) is 4.09. The molecule has 0 radical (unpaired) electrons. The summed E-state index contributed by atoms with van der Waals surface area (Å²) in [5.41, 5.74) is -0.0674. The molecule has 1 saturated heterocycles. The highest BCUT2D eigenvalue weighted by molar-refractivity contribution is 6.62. The van der Waals surface area contributed by atoms with Crippen molar-refractivity contribution < 1.29 is 18.4 Å². The molecule has 1 aliphatic rings. The van der Waals surface area contributed by atoms with Crippen LogP contribution in [0.4, 0.5) is 4.39 Å². The van der Waals surface area contributed by atoms with E-state index in [1.165, 1.54) is 7.11 Å². The minimum Gasteiger partial charge on any atom is -0.496 e. The van der Waals surface area contributed by atoms with E-state index in [4.69, 9.17) is 14.0 Å². The maximum absolute atomic E-state index is 14.4. The van der Waals surface area contributed by atoms with Crippen molar-refractivity contribution in [3.63, 3.8) is 0 Å². The fraction of sp³-hybridized carbons (Fsp3) is 0.571. The van der Waals surface area contributed by atoms with Gasteiger partial charge < -0.3 is 14.0 Å². The molecule has 1 aromatic rings. The van der Waals surface area contributed by atoms with Crippen LogP contribution in [0.3, 0.4) is 0 Å². The molecule has 1 aliphatic heterocycles. The van der Waals surface area contributed by atoms with Crippen LogP contribution in [0.15, 0.2) is 12.1 Å². The second kappa shape index (κ2) is 4.49. The smallest absolute Gasteiger partial charge is 0.496 e. The second-order valence-corrected chi connectivity index (χ2v) is 5.88. The van der Waals surface area contributed by atoms with E-state index in [9.17, 15) is 4.39 Å². The normalized spacial score (nSPS) is 20.7. The summed E-state index contributed by atoms with van der Waals surface area (Å²) in [5.74, 6) is 0.190. The number of methoxy groups -OCH3 is 1. The molecule has 5 heteroatoms. The van der Waals surface area contributed by atoms with E-state index in [2.05, 4.69) is 0 Å². The van der Waals surface area contributed by atoms with E-state index in [0.29, 0.717) is 16.8 Å². The maximum Gasteiger partial charge on any atom is 0.497 e. The first-order valence-electron chi connectivity index (χ1n) is 6.38. The van der Waals surface area contributed by atoms with Crippen LogP contribution in [0, 0.1) is 12.7 Å². The topological polar surface area (TPSA) is 27.7 Å². The molecule has 0 spiro atoms. The monoisotopic (exact) mass is 266 g/mol. The number of rotatable bonds is 2. The standard InChI is InChI=1S/C14H20BFO3/c1-9-11(17-6)8-7-10(12(9)16)15-18-13(2,3)14(4,5)19-15/h7-8H,1-6H3. The van der Waals surface area contributed by atoms with Crippen molar-refractivity contribution in [3.8, 4) is 5.75 Å². The van der Waals surface area contributed by atoms with Crippen LogP contribution in [0.5, 0.6) is 5.75 Å². The van der Waals surface area contributed by atoms with Gasteiger partial charge in [-0.3, -0.25) is 0 Å². The molecule has 0 unspecified atom stereocenters. The molecule has 19 heavy (non-hydrogen) atoms. The van der Waals surface area contributed by atoms with Crippen molar-refractivity contribution in [1.82, 2.24) is 0 Å². The van der Waals surface area contributed by atoms with Gasteiger partial charge in [0.25, 0.3) is 0 Å². The highest BCUT2D eigenvalue weighted by Gasteiger charge is 2.52. The van der Waals surface area contributed by atoms with Gasteiger partial charge in [-0.05, 0) is 40.7 Å². The number of hydrogen-bond donors (Lipinski definition) is 0. The van der Waals surface area contributed by atoms with E-state index in [1.54, 1.807) is 19.1 Å². The van der Waals surface area contributed by atoms with Crippen LogP contribution >= 0.6 is 0 Å². The van der Waals surface area contributed by atoms with Crippen molar-refractivity contribution in [1.29, 1.82) is 0 Å². The Balaban J connectivity index is 2.38. The average Bonchev–Trinajstić information content (AvgIpc) is 2.51.